The largest absolute Gasteiger partial charge is 0.287 e. The lowest BCUT2D eigenvalue weighted by Gasteiger charge is -1.97. The first-order valence-corrected chi connectivity index (χ1v) is 3.96. The standard InChI is InChI=1S/C4H10N4O2S/c1-3(5)6-7-4(2)8-11(9)10/h11H,1-2H3,(H2,5,6)(H,7,8,9,10). The summed E-state index contributed by atoms with van der Waals surface area (Å²) in [6, 6.07) is 0. The molecule has 0 aromatic heterocycles. The van der Waals surface area contributed by atoms with Crippen LogP contribution in [-0.4, -0.2) is 20.1 Å². The summed E-state index contributed by atoms with van der Waals surface area (Å²) in [5.41, 5.74) is 2.29. The number of thiol groups is 1. The van der Waals surface area contributed by atoms with E-state index in [0.717, 1.165) is 0 Å². The molecular weight excluding hydrogens is 168 g/mol. The van der Waals surface area contributed by atoms with Gasteiger partial charge in [-0.3, -0.25) is 15.6 Å². The van der Waals surface area contributed by atoms with Crippen LogP contribution in [0.2, 0.25) is 0 Å². The van der Waals surface area contributed by atoms with E-state index in [0.29, 0.717) is 0 Å². The number of rotatable bonds is 2. The van der Waals surface area contributed by atoms with Gasteiger partial charge in [-0.25, -0.2) is 8.42 Å². The first-order chi connectivity index (χ1) is 5.02. The molecule has 0 heterocycles. The minimum atomic E-state index is -2.66. The second-order valence-electron chi connectivity index (χ2n) is 1.80. The molecule has 64 valence electrons. The second-order valence-corrected chi connectivity index (χ2v) is 2.54. The molecular formula is C4H10N4O2S. The van der Waals surface area contributed by atoms with Crippen molar-refractivity contribution in [1.29, 1.82) is 5.41 Å². The Bertz CT molecular complexity index is 236. The summed E-state index contributed by atoms with van der Waals surface area (Å²) in [4.78, 5) is 0. The number of hydrogen-bond donors (Lipinski definition) is 4. The number of amidine groups is 2. The molecule has 3 N–H and O–H groups in total. The van der Waals surface area contributed by atoms with E-state index >= 15 is 0 Å². The molecule has 0 aromatic carbocycles. The van der Waals surface area contributed by atoms with Crippen LogP contribution in [0.15, 0.2) is 5.10 Å². The fourth-order valence-electron chi connectivity index (χ4n) is 0.325. The van der Waals surface area contributed by atoms with Gasteiger partial charge in [-0.15, -0.1) is 0 Å². The summed E-state index contributed by atoms with van der Waals surface area (Å²) in [5.74, 6) is 0.347. The Labute approximate surface area is 66.3 Å². The molecule has 0 radical (unpaired) electrons. The molecule has 7 heteroatoms. The van der Waals surface area contributed by atoms with Crippen molar-refractivity contribution in [3.05, 3.63) is 0 Å². The van der Waals surface area contributed by atoms with Gasteiger partial charge < -0.3 is 0 Å². The van der Waals surface area contributed by atoms with Gasteiger partial charge in [-0.1, -0.05) is 0 Å². The van der Waals surface area contributed by atoms with Crippen LogP contribution in [0, 0.1) is 5.41 Å². The molecule has 0 saturated heterocycles. The van der Waals surface area contributed by atoms with E-state index in [9.17, 15) is 8.42 Å². The van der Waals surface area contributed by atoms with Gasteiger partial charge in [0.2, 0.25) is 10.9 Å². The number of nitrogens with one attached hydrogen (secondary N) is 3. The molecule has 0 aliphatic rings. The Balaban J connectivity index is 3.91. The van der Waals surface area contributed by atoms with Crippen LogP contribution in [-0.2, 0) is 10.9 Å². The number of hydrogen-bond acceptors (Lipinski definition) is 4. The quantitative estimate of drug-likeness (QED) is 0.189. The highest BCUT2D eigenvalue weighted by atomic mass is 32.2. The lowest BCUT2D eigenvalue weighted by Crippen LogP contribution is -2.23. The first-order valence-electron chi connectivity index (χ1n) is 2.79. The van der Waals surface area contributed by atoms with E-state index in [4.69, 9.17) is 5.41 Å². The van der Waals surface area contributed by atoms with Crippen LogP contribution >= 0.6 is 0 Å². The Morgan fingerprint density at radius 2 is 2.00 bits per heavy atom. The molecule has 0 aliphatic carbocycles. The molecule has 0 aromatic rings. The molecule has 0 bridgehead atoms. The lowest BCUT2D eigenvalue weighted by molar-refractivity contribution is 0.611. The van der Waals surface area contributed by atoms with Crippen molar-refractivity contribution in [3.8, 4) is 0 Å². The third kappa shape index (κ3) is 6.78. The third-order valence-electron chi connectivity index (χ3n) is 0.644. The van der Waals surface area contributed by atoms with Crippen molar-refractivity contribution in [2.24, 2.45) is 5.10 Å². The fraction of sp³-hybridized carbons (Fsp3) is 0.500. The minimum absolute atomic E-state index is 0.146. The zero-order valence-corrected chi connectivity index (χ0v) is 7.11. The summed E-state index contributed by atoms with van der Waals surface area (Å²) >= 11 is 0. The minimum Gasteiger partial charge on any atom is -0.287 e. The van der Waals surface area contributed by atoms with E-state index in [1.165, 1.54) is 13.8 Å². The second kappa shape index (κ2) is 4.67. The van der Waals surface area contributed by atoms with Gasteiger partial charge in [-0.05, 0) is 13.8 Å². The summed E-state index contributed by atoms with van der Waals surface area (Å²) in [6.45, 7) is 2.97. The van der Waals surface area contributed by atoms with Gasteiger partial charge in [0.15, 0.2) is 0 Å². The highest BCUT2D eigenvalue weighted by Gasteiger charge is 1.88. The van der Waals surface area contributed by atoms with Crippen molar-refractivity contribution in [2.45, 2.75) is 13.8 Å². The summed E-state index contributed by atoms with van der Waals surface area (Å²) in [5, 5.41) is 10.4. The smallest absolute Gasteiger partial charge is 0.223 e. The van der Waals surface area contributed by atoms with Crippen molar-refractivity contribution in [3.63, 3.8) is 0 Å². The van der Waals surface area contributed by atoms with Crippen LogP contribution in [0.1, 0.15) is 13.8 Å². The normalized spacial score (nSPS) is 11.4. The highest BCUT2D eigenvalue weighted by Crippen LogP contribution is 1.68. The predicted octanol–water partition coefficient (Wildman–Crippen LogP) is -0.977. The highest BCUT2D eigenvalue weighted by molar-refractivity contribution is 7.71. The molecule has 11 heavy (non-hydrogen) atoms. The summed E-state index contributed by atoms with van der Waals surface area (Å²) < 4.78 is 22.1. The fourth-order valence-corrected chi connectivity index (χ4v) is 0.639. The van der Waals surface area contributed by atoms with Gasteiger partial charge >= 0.3 is 0 Å². The van der Waals surface area contributed by atoms with Crippen molar-refractivity contribution >= 4 is 22.6 Å². The van der Waals surface area contributed by atoms with Crippen LogP contribution in [0.5, 0.6) is 0 Å². The summed E-state index contributed by atoms with van der Waals surface area (Å²) in [6.07, 6.45) is 0. The number of hydrazone groups is 1. The Morgan fingerprint density at radius 1 is 1.45 bits per heavy atom. The van der Waals surface area contributed by atoms with E-state index in [1.54, 1.807) is 0 Å². The van der Waals surface area contributed by atoms with Crippen LogP contribution in [0.25, 0.3) is 0 Å². The van der Waals surface area contributed by atoms with Crippen molar-refractivity contribution < 1.29 is 8.42 Å². The maximum atomic E-state index is 10.0. The summed E-state index contributed by atoms with van der Waals surface area (Å²) in [7, 11) is -2.66. The van der Waals surface area contributed by atoms with Crippen molar-refractivity contribution in [2.75, 3.05) is 0 Å². The Hall–Kier alpha value is -1.11. The molecule has 0 aliphatic heterocycles. The zero-order chi connectivity index (χ0) is 8.85. The SMILES string of the molecule is CC(=N)N/N=C(\C)N[SH](=O)=O. The average molecular weight is 178 g/mol. The molecule has 0 spiro atoms. The van der Waals surface area contributed by atoms with Crippen LogP contribution in [0.4, 0.5) is 0 Å². The molecule has 0 fully saturated rings. The van der Waals surface area contributed by atoms with Crippen LogP contribution in [0.3, 0.4) is 0 Å². The van der Waals surface area contributed by atoms with E-state index in [-0.39, 0.29) is 11.7 Å². The zero-order valence-electron chi connectivity index (χ0n) is 6.21. The van der Waals surface area contributed by atoms with E-state index in [1.807, 2.05) is 4.72 Å². The van der Waals surface area contributed by atoms with Gasteiger partial charge in [0, 0.05) is 0 Å². The molecule has 0 saturated carbocycles. The third-order valence-corrected chi connectivity index (χ3v) is 1.15. The lowest BCUT2D eigenvalue weighted by atomic mass is 10.7. The molecule has 6 nitrogen and oxygen atoms in total. The maximum Gasteiger partial charge on any atom is 0.223 e. The molecule has 0 rings (SSSR count). The maximum absolute atomic E-state index is 10.0. The van der Waals surface area contributed by atoms with Gasteiger partial charge in [0.1, 0.15) is 11.7 Å². The predicted molar refractivity (Wildman–Crippen MR) is 43.1 cm³/mol. The molecule has 0 atom stereocenters. The average Bonchev–Trinajstić information content (AvgIpc) is 1.82. The van der Waals surface area contributed by atoms with E-state index < -0.39 is 10.9 Å². The molecule has 0 unspecified atom stereocenters. The van der Waals surface area contributed by atoms with Gasteiger partial charge in [-0.2, -0.15) is 5.10 Å². The Morgan fingerprint density at radius 3 is 2.36 bits per heavy atom. The van der Waals surface area contributed by atoms with Crippen molar-refractivity contribution in [1.82, 2.24) is 10.1 Å². The number of nitrogens with zero attached hydrogens (tertiary/aromatic N) is 1. The topological polar surface area (TPSA) is 94.4 Å². The monoisotopic (exact) mass is 178 g/mol. The van der Waals surface area contributed by atoms with Gasteiger partial charge in [0.05, 0.1) is 0 Å². The van der Waals surface area contributed by atoms with Gasteiger partial charge in [0.25, 0.3) is 0 Å². The van der Waals surface area contributed by atoms with E-state index in [2.05, 4.69) is 10.5 Å². The molecule has 0 amide bonds. The Kier molecular flexibility index (Phi) is 4.20. The first kappa shape index (κ1) is 9.89. The van der Waals surface area contributed by atoms with Crippen LogP contribution < -0.4 is 10.1 Å².